The van der Waals surface area contributed by atoms with Crippen LogP contribution in [0.5, 0.6) is 0 Å². The Labute approximate surface area is 203 Å². The van der Waals surface area contributed by atoms with Crippen molar-refractivity contribution in [1.82, 2.24) is 9.97 Å². The fourth-order valence-electron chi connectivity index (χ4n) is 4.56. The number of benzene rings is 2. The lowest BCUT2D eigenvalue weighted by Gasteiger charge is -2.20. The lowest BCUT2D eigenvalue weighted by molar-refractivity contribution is -0.116. The molecule has 7 nitrogen and oxygen atoms in total. The highest BCUT2D eigenvalue weighted by Gasteiger charge is 2.23. The van der Waals surface area contributed by atoms with E-state index in [1.54, 1.807) is 12.3 Å². The maximum Gasteiger partial charge on any atom is 0.356 e. The van der Waals surface area contributed by atoms with Crippen molar-refractivity contribution in [2.75, 3.05) is 17.7 Å². The molecule has 0 radical (unpaired) electrons. The Morgan fingerprint density at radius 2 is 1.91 bits per heavy atom. The minimum atomic E-state index is -0.472. The number of aryl methyl sites for hydroxylation is 1. The molecular formula is C28H26N4O3. The van der Waals surface area contributed by atoms with Crippen molar-refractivity contribution in [2.45, 2.75) is 32.7 Å². The molecule has 0 saturated carbocycles. The smallest absolute Gasteiger partial charge is 0.356 e. The lowest BCUT2D eigenvalue weighted by atomic mass is 9.94. The van der Waals surface area contributed by atoms with Crippen LogP contribution in [-0.4, -0.2) is 35.0 Å². The van der Waals surface area contributed by atoms with E-state index in [0.29, 0.717) is 6.42 Å². The zero-order chi connectivity index (χ0) is 24.5. The van der Waals surface area contributed by atoms with Gasteiger partial charge in [0.2, 0.25) is 5.91 Å². The molecule has 1 atom stereocenters. The Bertz CT molecular complexity index is 1450. The number of rotatable bonds is 4. The Morgan fingerprint density at radius 1 is 1.06 bits per heavy atom. The molecule has 1 amide bonds. The largest absolute Gasteiger partial charge is 0.464 e. The van der Waals surface area contributed by atoms with E-state index in [-0.39, 0.29) is 17.6 Å². The second kappa shape index (κ2) is 9.18. The number of ether oxygens (including phenoxy) is 1. The molecule has 1 aliphatic heterocycles. The topological polar surface area (TPSA) is 93.2 Å². The van der Waals surface area contributed by atoms with Gasteiger partial charge < -0.3 is 15.4 Å². The molecule has 2 aromatic carbocycles. The molecule has 0 bridgehead atoms. The van der Waals surface area contributed by atoms with Gasteiger partial charge in [-0.05, 0) is 48.1 Å². The van der Waals surface area contributed by atoms with Crippen molar-refractivity contribution < 1.29 is 14.3 Å². The van der Waals surface area contributed by atoms with E-state index in [0.717, 1.165) is 56.5 Å². The summed E-state index contributed by atoms with van der Waals surface area (Å²) in [6.45, 7) is 4.11. The molecule has 2 N–H and O–H groups in total. The minimum absolute atomic E-state index is 0.0160. The number of fused-ring (bicyclic) bond motifs is 2. The third-order valence-corrected chi connectivity index (χ3v) is 6.33. The number of nitrogens with one attached hydrogen (secondary N) is 2. The highest BCUT2D eigenvalue weighted by molar-refractivity contribution is 6.06. The van der Waals surface area contributed by atoms with Gasteiger partial charge in [-0.1, -0.05) is 37.3 Å². The molecule has 176 valence electrons. The molecule has 5 rings (SSSR count). The van der Waals surface area contributed by atoms with Crippen LogP contribution in [0.2, 0.25) is 0 Å². The van der Waals surface area contributed by atoms with Gasteiger partial charge in [-0.3, -0.25) is 9.78 Å². The van der Waals surface area contributed by atoms with Crippen molar-refractivity contribution in [2.24, 2.45) is 0 Å². The maximum atomic E-state index is 12.4. The Kier molecular flexibility index (Phi) is 5.91. The van der Waals surface area contributed by atoms with Gasteiger partial charge in [0.1, 0.15) is 5.69 Å². The predicted molar refractivity (Wildman–Crippen MR) is 137 cm³/mol. The molecule has 7 heteroatoms. The van der Waals surface area contributed by atoms with Crippen LogP contribution in [0, 0.1) is 0 Å². The number of aromatic nitrogens is 2. The van der Waals surface area contributed by atoms with E-state index in [4.69, 9.17) is 9.72 Å². The number of nitrogens with zero attached hydrogens (tertiary/aromatic N) is 2. The van der Waals surface area contributed by atoms with E-state index in [1.165, 1.54) is 7.11 Å². The third kappa shape index (κ3) is 4.21. The van der Waals surface area contributed by atoms with E-state index in [1.807, 2.05) is 31.3 Å². The van der Waals surface area contributed by atoms with E-state index in [2.05, 4.69) is 46.8 Å². The molecule has 35 heavy (non-hydrogen) atoms. The highest BCUT2D eigenvalue weighted by atomic mass is 16.5. The summed E-state index contributed by atoms with van der Waals surface area (Å²) in [4.78, 5) is 33.0. The first-order valence-electron chi connectivity index (χ1n) is 11.6. The van der Waals surface area contributed by atoms with Crippen LogP contribution in [0.1, 0.15) is 36.3 Å². The quantitative estimate of drug-likeness (QED) is 0.388. The van der Waals surface area contributed by atoms with Gasteiger partial charge in [0, 0.05) is 41.4 Å². The number of amides is 1. The standard InChI is InChI=1S/C28H26N4O3/c1-4-17-8-10-21(27-26(17)32-25(33)12-16(2)31-27)20-7-5-6-18-13-24(30-15-22(18)20)19-9-11-23(29-14-19)28(34)35-3/h5-11,13-16,31H,4,12H2,1-3H3,(H,32,33)/t16-/m1/s1. The summed E-state index contributed by atoms with van der Waals surface area (Å²) in [6, 6.07) is 15.8. The van der Waals surface area contributed by atoms with E-state index in [9.17, 15) is 9.59 Å². The predicted octanol–water partition coefficient (Wildman–Crippen LogP) is 5.46. The summed E-state index contributed by atoms with van der Waals surface area (Å²) in [5.41, 5.74) is 6.79. The molecule has 1 aliphatic rings. The Balaban J connectivity index is 1.61. The first-order chi connectivity index (χ1) is 17.0. The van der Waals surface area contributed by atoms with Gasteiger partial charge in [-0.2, -0.15) is 0 Å². The highest BCUT2D eigenvalue weighted by Crippen LogP contribution is 2.42. The number of esters is 1. The van der Waals surface area contributed by atoms with Crippen molar-refractivity contribution in [3.05, 3.63) is 72.2 Å². The minimum Gasteiger partial charge on any atom is -0.464 e. The molecule has 0 saturated heterocycles. The number of pyridine rings is 2. The number of carbonyl (C=O) groups is 2. The molecule has 2 aromatic heterocycles. The zero-order valence-electron chi connectivity index (χ0n) is 19.9. The summed E-state index contributed by atoms with van der Waals surface area (Å²) >= 11 is 0. The van der Waals surface area contributed by atoms with Crippen LogP contribution in [0.25, 0.3) is 33.2 Å². The molecule has 4 aromatic rings. The monoisotopic (exact) mass is 466 g/mol. The molecule has 0 spiro atoms. The SMILES string of the molecule is CCc1ccc(-c2cccc3cc(-c4ccc(C(=O)OC)nc4)ncc23)c2c1NC(=O)C[C@@H](C)N2. The normalized spacial score (nSPS) is 15.1. The van der Waals surface area contributed by atoms with Gasteiger partial charge in [-0.15, -0.1) is 0 Å². The van der Waals surface area contributed by atoms with Gasteiger partial charge >= 0.3 is 5.97 Å². The number of anilines is 2. The average molecular weight is 467 g/mol. The first kappa shape index (κ1) is 22.5. The summed E-state index contributed by atoms with van der Waals surface area (Å²) in [6.07, 6.45) is 4.73. The van der Waals surface area contributed by atoms with Crippen molar-refractivity contribution in [1.29, 1.82) is 0 Å². The van der Waals surface area contributed by atoms with Gasteiger partial charge in [-0.25, -0.2) is 9.78 Å². The van der Waals surface area contributed by atoms with Gasteiger partial charge in [0.05, 0.1) is 24.2 Å². The van der Waals surface area contributed by atoms with Crippen LogP contribution >= 0.6 is 0 Å². The van der Waals surface area contributed by atoms with Crippen LogP contribution < -0.4 is 10.6 Å². The van der Waals surface area contributed by atoms with E-state index >= 15 is 0 Å². The van der Waals surface area contributed by atoms with E-state index < -0.39 is 5.97 Å². The second-order valence-electron chi connectivity index (χ2n) is 8.69. The van der Waals surface area contributed by atoms with Gasteiger partial charge in [0.25, 0.3) is 0 Å². The van der Waals surface area contributed by atoms with Crippen molar-refractivity contribution in [3.8, 4) is 22.4 Å². The Morgan fingerprint density at radius 3 is 2.66 bits per heavy atom. The second-order valence-corrected chi connectivity index (χ2v) is 8.69. The first-order valence-corrected chi connectivity index (χ1v) is 11.6. The fourth-order valence-corrected chi connectivity index (χ4v) is 4.56. The average Bonchev–Trinajstić information content (AvgIpc) is 3.03. The maximum absolute atomic E-state index is 12.4. The van der Waals surface area contributed by atoms with Crippen molar-refractivity contribution in [3.63, 3.8) is 0 Å². The third-order valence-electron chi connectivity index (χ3n) is 6.33. The van der Waals surface area contributed by atoms with Crippen LogP contribution in [0.3, 0.4) is 0 Å². The number of carbonyl (C=O) groups excluding carboxylic acids is 2. The molecule has 0 unspecified atom stereocenters. The molecule has 3 heterocycles. The molecule has 0 aliphatic carbocycles. The lowest BCUT2D eigenvalue weighted by Crippen LogP contribution is -2.19. The molecular weight excluding hydrogens is 440 g/mol. The molecule has 0 fully saturated rings. The number of hydrogen-bond acceptors (Lipinski definition) is 6. The van der Waals surface area contributed by atoms with Crippen LogP contribution in [-0.2, 0) is 16.0 Å². The summed E-state index contributed by atoms with van der Waals surface area (Å²) in [7, 11) is 1.33. The summed E-state index contributed by atoms with van der Waals surface area (Å²) < 4.78 is 4.72. The van der Waals surface area contributed by atoms with Crippen LogP contribution in [0.4, 0.5) is 11.4 Å². The number of hydrogen-bond donors (Lipinski definition) is 2. The van der Waals surface area contributed by atoms with Crippen LogP contribution in [0.15, 0.2) is 60.9 Å². The zero-order valence-corrected chi connectivity index (χ0v) is 19.9. The fraction of sp³-hybridized carbons (Fsp3) is 0.214. The number of methoxy groups -OCH3 is 1. The summed E-state index contributed by atoms with van der Waals surface area (Å²) in [5.74, 6) is -0.452. The Hall–Kier alpha value is -4.26. The van der Waals surface area contributed by atoms with Crippen molar-refractivity contribution >= 4 is 34.0 Å². The summed E-state index contributed by atoms with van der Waals surface area (Å²) in [5, 5.41) is 8.72. The van der Waals surface area contributed by atoms with Gasteiger partial charge in [0.15, 0.2) is 0 Å².